The minimum atomic E-state index is 0.0759. The Kier molecular flexibility index (Phi) is 2.64. The Morgan fingerprint density at radius 2 is 1.65 bits per heavy atom. The maximum Gasteiger partial charge on any atom is 0.0848 e. The van der Waals surface area contributed by atoms with Crippen LogP contribution in [0.4, 0.5) is 0 Å². The molecule has 92 valence electrons. The molecule has 1 heterocycles. The first-order valence-corrected chi connectivity index (χ1v) is 6.25. The lowest BCUT2D eigenvalue weighted by Crippen LogP contribution is -2.15. The van der Waals surface area contributed by atoms with Crippen molar-refractivity contribution in [2.45, 2.75) is 53.4 Å². The highest BCUT2D eigenvalue weighted by Crippen LogP contribution is 2.35. The highest BCUT2D eigenvalue weighted by Gasteiger charge is 2.26. The van der Waals surface area contributed by atoms with Gasteiger partial charge >= 0.3 is 0 Å². The topological polar surface area (TPSA) is 25.8 Å². The third-order valence-electron chi connectivity index (χ3n) is 3.28. The van der Waals surface area contributed by atoms with Crippen molar-refractivity contribution < 1.29 is 0 Å². The van der Waals surface area contributed by atoms with E-state index in [1.165, 1.54) is 5.57 Å². The van der Waals surface area contributed by atoms with Gasteiger partial charge in [0.2, 0.25) is 0 Å². The molecular formula is C15H22N2. The van der Waals surface area contributed by atoms with Gasteiger partial charge in [-0.25, -0.2) is 0 Å². The Labute approximate surface area is 104 Å². The summed E-state index contributed by atoms with van der Waals surface area (Å²) in [5.74, 6) is 0. The quantitative estimate of drug-likeness (QED) is 0.678. The fourth-order valence-electron chi connectivity index (χ4n) is 1.93. The predicted octanol–water partition coefficient (Wildman–Crippen LogP) is 3.76. The van der Waals surface area contributed by atoms with Crippen LogP contribution in [0, 0.1) is 5.41 Å². The molecule has 1 aliphatic rings. The van der Waals surface area contributed by atoms with Crippen LogP contribution in [0.1, 0.15) is 58.6 Å². The van der Waals surface area contributed by atoms with Crippen molar-refractivity contribution in [2.75, 3.05) is 0 Å². The van der Waals surface area contributed by atoms with Crippen LogP contribution in [-0.2, 0) is 11.8 Å². The summed E-state index contributed by atoms with van der Waals surface area (Å²) >= 11 is 0. The average Bonchev–Trinajstić information content (AvgIpc) is 2.57. The number of aromatic nitrogens is 2. The van der Waals surface area contributed by atoms with Crippen LogP contribution < -0.4 is 0 Å². The fourth-order valence-corrected chi connectivity index (χ4v) is 1.93. The van der Waals surface area contributed by atoms with Crippen molar-refractivity contribution in [1.29, 1.82) is 0 Å². The Morgan fingerprint density at radius 1 is 1.00 bits per heavy atom. The zero-order valence-electron chi connectivity index (χ0n) is 11.8. The molecule has 0 saturated carbocycles. The molecule has 0 fully saturated rings. The Bertz CT molecular complexity index is 471. The van der Waals surface area contributed by atoms with Crippen molar-refractivity contribution in [2.24, 2.45) is 5.41 Å². The smallest absolute Gasteiger partial charge is 0.0848 e. The molecule has 2 nitrogen and oxygen atoms in total. The molecule has 0 spiro atoms. The number of rotatable bonds is 0. The first-order chi connectivity index (χ1) is 7.68. The molecule has 1 aromatic rings. The second kappa shape index (κ2) is 3.66. The fraction of sp³-hybridized carbons (Fsp3) is 0.600. The summed E-state index contributed by atoms with van der Waals surface area (Å²) in [7, 11) is 0. The average molecular weight is 230 g/mol. The van der Waals surface area contributed by atoms with E-state index < -0.39 is 0 Å². The van der Waals surface area contributed by atoms with E-state index in [9.17, 15) is 0 Å². The van der Waals surface area contributed by atoms with Gasteiger partial charge < -0.3 is 0 Å². The zero-order chi connectivity index (χ0) is 12.8. The van der Waals surface area contributed by atoms with Crippen LogP contribution in [0.5, 0.6) is 0 Å². The minimum absolute atomic E-state index is 0.0759. The number of fused-ring (bicyclic) bond motifs is 1. The molecule has 1 aromatic heterocycles. The van der Waals surface area contributed by atoms with Crippen LogP contribution in [0.2, 0.25) is 0 Å². The molecule has 0 atom stereocenters. The minimum Gasteiger partial charge on any atom is -0.253 e. The number of nitrogens with zero attached hydrogens (tertiary/aromatic N) is 2. The molecule has 0 aliphatic heterocycles. The van der Waals surface area contributed by atoms with Crippen LogP contribution >= 0.6 is 0 Å². The Hall–Kier alpha value is -1.18. The van der Waals surface area contributed by atoms with E-state index in [1.54, 1.807) is 0 Å². The van der Waals surface area contributed by atoms with Gasteiger partial charge in [0.1, 0.15) is 0 Å². The molecule has 0 N–H and O–H groups in total. The maximum absolute atomic E-state index is 4.77. The second-order valence-electron chi connectivity index (χ2n) is 6.93. The van der Waals surface area contributed by atoms with Gasteiger partial charge in [-0.15, -0.1) is 0 Å². The van der Waals surface area contributed by atoms with E-state index in [2.05, 4.69) is 52.6 Å². The summed E-state index contributed by atoms with van der Waals surface area (Å²) in [6.45, 7) is 13.3. The summed E-state index contributed by atoms with van der Waals surface area (Å²) in [5, 5.41) is 0. The Balaban J connectivity index is 2.35. The van der Waals surface area contributed by atoms with Crippen molar-refractivity contribution in [1.82, 2.24) is 9.97 Å². The van der Waals surface area contributed by atoms with Crippen molar-refractivity contribution >= 4 is 6.08 Å². The van der Waals surface area contributed by atoms with Crippen molar-refractivity contribution in [3.63, 3.8) is 0 Å². The highest BCUT2D eigenvalue weighted by molar-refractivity contribution is 5.60. The molecule has 1 aliphatic carbocycles. The van der Waals surface area contributed by atoms with E-state index in [0.717, 1.165) is 23.5 Å². The van der Waals surface area contributed by atoms with Gasteiger partial charge in [0, 0.05) is 18.0 Å². The monoisotopic (exact) mass is 230 g/mol. The molecule has 2 rings (SSSR count). The molecule has 2 heteroatoms. The molecular weight excluding hydrogens is 208 g/mol. The maximum atomic E-state index is 4.77. The molecule has 0 amide bonds. The first-order valence-electron chi connectivity index (χ1n) is 6.25. The van der Waals surface area contributed by atoms with E-state index in [0.29, 0.717) is 0 Å². The van der Waals surface area contributed by atoms with E-state index in [-0.39, 0.29) is 10.8 Å². The third-order valence-corrected chi connectivity index (χ3v) is 3.28. The molecule has 17 heavy (non-hydrogen) atoms. The zero-order valence-corrected chi connectivity index (χ0v) is 11.8. The van der Waals surface area contributed by atoms with Gasteiger partial charge in [0.25, 0.3) is 0 Å². The molecule has 0 radical (unpaired) electrons. The van der Waals surface area contributed by atoms with Gasteiger partial charge in [-0.1, -0.05) is 47.1 Å². The lowest BCUT2D eigenvalue weighted by atomic mass is 9.86. The van der Waals surface area contributed by atoms with Crippen molar-refractivity contribution in [3.8, 4) is 0 Å². The first kappa shape index (κ1) is 12.3. The summed E-state index contributed by atoms with van der Waals surface area (Å²) in [6, 6.07) is 0. The van der Waals surface area contributed by atoms with E-state index in [4.69, 9.17) is 4.98 Å². The lowest BCUT2D eigenvalue weighted by molar-refractivity contribution is 0.496. The van der Waals surface area contributed by atoms with Crippen LogP contribution in [-0.4, -0.2) is 9.97 Å². The van der Waals surface area contributed by atoms with Gasteiger partial charge in [0.15, 0.2) is 0 Å². The molecule has 0 bridgehead atoms. The van der Waals surface area contributed by atoms with Gasteiger partial charge in [0.05, 0.1) is 17.1 Å². The van der Waals surface area contributed by atoms with Crippen LogP contribution in [0.25, 0.3) is 6.08 Å². The largest absolute Gasteiger partial charge is 0.253 e. The summed E-state index contributed by atoms with van der Waals surface area (Å²) in [6.07, 6.45) is 5.07. The Morgan fingerprint density at radius 3 is 2.18 bits per heavy atom. The number of allylic oxidation sites excluding steroid dienone is 1. The highest BCUT2D eigenvalue weighted by atomic mass is 14.8. The van der Waals surface area contributed by atoms with Gasteiger partial charge in [-0.05, 0) is 11.5 Å². The van der Waals surface area contributed by atoms with Gasteiger partial charge in [-0.3, -0.25) is 9.97 Å². The summed E-state index contributed by atoms with van der Waals surface area (Å²) in [4.78, 5) is 9.32. The number of hydrogen-bond donors (Lipinski definition) is 0. The van der Waals surface area contributed by atoms with E-state index in [1.807, 2.05) is 6.20 Å². The third kappa shape index (κ3) is 2.41. The van der Waals surface area contributed by atoms with Crippen molar-refractivity contribution in [3.05, 3.63) is 28.9 Å². The molecule has 0 aromatic carbocycles. The predicted molar refractivity (Wildman–Crippen MR) is 71.9 cm³/mol. The molecule has 0 unspecified atom stereocenters. The van der Waals surface area contributed by atoms with Crippen LogP contribution in [0.3, 0.4) is 0 Å². The SMILES string of the molecule is CC(C)(C)C1=Cc2ncc(C(C)(C)C)nc2C1. The van der Waals surface area contributed by atoms with Gasteiger partial charge in [-0.2, -0.15) is 0 Å². The van der Waals surface area contributed by atoms with Crippen LogP contribution in [0.15, 0.2) is 11.8 Å². The lowest BCUT2D eigenvalue weighted by Gasteiger charge is -2.20. The molecule has 0 saturated heterocycles. The van der Waals surface area contributed by atoms with E-state index >= 15 is 0 Å². The number of hydrogen-bond acceptors (Lipinski definition) is 2. The summed E-state index contributed by atoms with van der Waals surface area (Å²) in [5.41, 5.74) is 5.00. The normalized spacial score (nSPS) is 15.8. The summed E-state index contributed by atoms with van der Waals surface area (Å²) < 4.78 is 0. The standard InChI is InChI=1S/C15H22N2/c1-14(2,3)10-7-11-12(8-10)17-13(9-16-11)15(4,5)6/h7,9H,8H2,1-6H3. The second-order valence-corrected chi connectivity index (χ2v) is 6.93.